The minimum atomic E-state index is -0.836. The van der Waals surface area contributed by atoms with E-state index < -0.39 is 6.04 Å². The lowest BCUT2D eigenvalue weighted by Crippen LogP contribution is -2.33. The summed E-state index contributed by atoms with van der Waals surface area (Å²) in [6, 6.07) is 31.2. The van der Waals surface area contributed by atoms with Crippen LogP contribution in [0.4, 0.5) is 5.69 Å². The molecule has 0 aliphatic heterocycles. The molecule has 0 spiro atoms. The molecule has 192 valence electrons. The van der Waals surface area contributed by atoms with E-state index in [2.05, 4.69) is 16.7 Å². The monoisotopic (exact) mass is 507 g/mol. The van der Waals surface area contributed by atoms with Gasteiger partial charge in [0.05, 0.1) is 25.9 Å². The molecule has 0 bridgehead atoms. The molecule has 0 aromatic heterocycles. The average Bonchev–Trinajstić information content (AvgIpc) is 2.98. The Morgan fingerprint density at radius 3 is 2.03 bits per heavy atom. The molecule has 0 saturated heterocycles. The lowest BCUT2D eigenvalue weighted by Gasteiger charge is -2.24. The summed E-state index contributed by atoms with van der Waals surface area (Å²) >= 11 is 0. The largest absolute Gasteiger partial charge is 0.493 e. The number of nitrogens with zero attached hydrogens (tertiary/aromatic N) is 1. The van der Waals surface area contributed by atoms with Crippen molar-refractivity contribution in [2.24, 2.45) is 0 Å². The number of anilines is 1. The Morgan fingerprint density at radius 1 is 0.816 bits per heavy atom. The maximum atomic E-state index is 13.7. The van der Waals surface area contributed by atoms with E-state index >= 15 is 0 Å². The number of nitrogens with one attached hydrogen (secondary N) is 2. The van der Waals surface area contributed by atoms with Gasteiger partial charge in [-0.3, -0.25) is 4.79 Å². The molecule has 0 unspecified atom stereocenters. The summed E-state index contributed by atoms with van der Waals surface area (Å²) < 4.78 is 17.3. The first-order valence-electron chi connectivity index (χ1n) is 12.1. The molecule has 0 aliphatic rings. The zero-order valence-electron chi connectivity index (χ0n) is 21.3. The second kappa shape index (κ2) is 12.8. The highest BCUT2D eigenvalue weighted by Crippen LogP contribution is 2.39. The summed E-state index contributed by atoms with van der Waals surface area (Å²) in [6.07, 6.45) is 0. The van der Waals surface area contributed by atoms with Crippen molar-refractivity contribution >= 4 is 11.6 Å². The number of rotatable bonds is 11. The van der Waals surface area contributed by atoms with Crippen molar-refractivity contribution in [1.29, 1.82) is 5.26 Å². The molecule has 38 heavy (non-hydrogen) atoms. The molecule has 4 aromatic rings. The molecule has 0 heterocycles. The van der Waals surface area contributed by atoms with E-state index in [1.807, 2.05) is 60.7 Å². The molecule has 2 N–H and O–H groups in total. The van der Waals surface area contributed by atoms with Crippen LogP contribution >= 0.6 is 0 Å². The van der Waals surface area contributed by atoms with Crippen molar-refractivity contribution in [2.45, 2.75) is 19.2 Å². The normalized spacial score (nSPS) is 11.1. The number of benzene rings is 4. The summed E-state index contributed by atoms with van der Waals surface area (Å²) in [5.74, 6) is 1.18. The molecule has 0 aliphatic carbocycles. The fourth-order valence-corrected chi connectivity index (χ4v) is 3.94. The highest BCUT2D eigenvalue weighted by molar-refractivity contribution is 5.87. The number of nitriles is 1. The zero-order chi connectivity index (χ0) is 26.7. The van der Waals surface area contributed by atoms with Gasteiger partial charge in [-0.15, -0.1) is 0 Å². The van der Waals surface area contributed by atoms with Crippen molar-refractivity contribution in [1.82, 2.24) is 5.32 Å². The van der Waals surface area contributed by atoms with E-state index in [4.69, 9.17) is 14.2 Å². The summed E-state index contributed by atoms with van der Waals surface area (Å²) in [4.78, 5) is 13.7. The summed E-state index contributed by atoms with van der Waals surface area (Å²) in [7, 11) is 3.10. The van der Waals surface area contributed by atoms with E-state index in [0.717, 1.165) is 11.1 Å². The molecule has 1 atom stereocenters. The highest BCUT2D eigenvalue weighted by atomic mass is 16.5. The van der Waals surface area contributed by atoms with Gasteiger partial charge in [-0.05, 0) is 41.5 Å². The number of amides is 1. The topological polar surface area (TPSA) is 92.6 Å². The Balaban J connectivity index is 1.71. The van der Waals surface area contributed by atoms with Gasteiger partial charge in [-0.25, -0.2) is 0 Å². The first-order valence-corrected chi connectivity index (χ1v) is 12.1. The van der Waals surface area contributed by atoms with Crippen LogP contribution in [0.15, 0.2) is 97.1 Å². The predicted molar refractivity (Wildman–Crippen MR) is 146 cm³/mol. The Bertz CT molecular complexity index is 1380. The third kappa shape index (κ3) is 6.62. The van der Waals surface area contributed by atoms with Crippen LogP contribution in [0.3, 0.4) is 0 Å². The van der Waals surface area contributed by atoms with Gasteiger partial charge >= 0.3 is 0 Å². The molecular weight excluding hydrogens is 478 g/mol. The van der Waals surface area contributed by atoms with E-state index in [-0.39, 0.29) is 5.91 Å². The molecule has 4 rings (SSSR count). The number of carbonyl (C=O) groups is 1. The molecular formula is C31H29N3O4. The van der Waals surface area contributed by atoms with Crippen LogP contribution in [0.1, 0.15) is 28.3 Å². The summed E-state index contributed by atoms with van der Waals surface area (Å²) in [6.45, 7) is 0.664. The van der Waals surface area contributed by atoms with Crippen molar-refractivity contribution in [3.63, 3.8) is 0 Å². The molecule has 4 aromatic carbocycles. The van der Waals surface area contributed by atoms with Crippen molar-refractivity contribution in [3.8, 4) is 23.3 Å². The van der Waals surface area contributed by atoms with Crippen LogP contribution in [-0.4, -0.2) is 20.1 Å². The number of hydrogen-bond donors (Lipinski definition) is 2. The second-order valence-electron chi connectivity index (χ2n) is 8.49. The summed E-state index contributed by atoms with van der Waals surface area (Å²) in [5.41, 5.74) is 3.74. The number of methoxy groups -OCH3 is 2. The molecule has 0 radical (unpaired) electrons. The highest BCUT2D eigenvalue weighted by Gasteiger charge is 2.27. The third-order valence-corrected chi connectivity index (χ3v) is 5.96. The van der Waals surface area contributed by atoms with Crippen LogP contribution in [-0.2, 0) is 17.9 Å². The first-order chi connectivity index (χ1) is 18.6. The van der Waals surface area contributed by atoms with Gasteiger partial charge in [-0.1, -0.05) is 60.7 Å². The number of hydrogen-bond acceptors (Lipinski definition) is 6. The van der Waals surface area contributed by atoms with Gasteiger partial charge in [-0.2, -0.15) is 5.26 Å². The first kappa shape index (κ1) is 26.1. The van der Waals surface area contributed by atoms with Crippen molar-refractivity contribution in [3.05, 3.63) is 119 Å². The van der Waals surface area contributed by atoms with Gasteiger partial charge in [0.2, 0.25) is 5.91 Å². The van der Waals surface area contributed by atoms with Crippen LogP contribution < -0.4 is 24.8 Å². The molecule has 1 amide bonds. The average molecular weight is 508 g/mol. The minimum Gasteiger partial charge on any atom is -0.493 e. The fourth-order valence-electron chi connectivity index (χ4n) is 3.94. The van der Waals surface area contributed by atoms with Crippen LogP contribution in [0, 0.1) is 11.3 Å². The molecule has 0 saturated carbocycles. The van der Waals surface area contributed by atoms with Crippen LogP contribution in [0.25, 0.3) is 0 Å². The smallest absolute Gasteiger partial charge is 0.247 e. The van der Waals surface area contributed by atoms with Gasteiger partial charge in [0.1, 0.15) is 18.4 Å². The van der Waals surface area contributed by atoms with Crippen LogP contribution in [0.2, 0.25) is 0 Å². The Hall–Kier alpha value is -4.96. The summed E-state index contributed by atoms with van der Waals surface area (Å²) in [5, 5.41) is 15.5. The van der Waals surface area contributed by atoms with Crippen molar-refractivity contribution in [2.75, 3.05) is 19.5 Å². The second-order valence-corrected chi connectivity index (χ2v) is 8.49. The van der Waals surface area contributed by atoms with Gasteiger partial charge < -0.3 is 24.8 Å². The lowest BCUT2D eigenvalue weighted by molar-refractivity contribution is -0.122. The van der Waals surface area contributed by atoms with Crippen LogP contribution in [0.5, 0.6) is 17.2 Å². The molecule has 7 nitrogen and oxygen atoms in total. The van der Waals surface area contributed by atoms with E-state index in [0.29, 0.717) is 47.2 Å². The Morgan fingerprint density at radius 2 is 1.42 bits per heavy atom. The minimum absolute atomic E-state index is 0.255. The molecule has 7 heteroatoms. The predicted octanol–water partition coefficient (Wildman–Crippen LogP) is 5.62. The fraction of sp³-hybridized carbons (Fsp3) is 0.161. The number of ether oxygens (including phenoxy) is 3. The van der Waals surface area contributed by atoms with E-state index in [1.165, 1.54) is 0 Å². The molecule has 0 fully saturated rings. The maximum Gasteiger partial charge on any atom is 0.247 e. The Labute approximate surface area is 222 Å². The van der Waals surface area contributed by atoms with Crippen molar-refractivity contribution < 1.29 is 19.0 Å². The number of carbonyl (C=O) groups excluding carboxylic acids is 1. The SMILES string of the molecule is COc1cc(OCc2ccccc2)c([C@H](Nc2ccc(C#N)cc2)C(=O)NCc2ccccc2)cc1OC. The van der Waals surface area contributed by atoms with E-state index in [1.54, 1.807) is 50.6 Å². The van der Waals surface area contributed by atoms with E-state index in [9.17, 15) is 10.1 Å². The van der Waals surface area contributed by atoms with Gasteiger partial charge in [0.25, 0.3) is 0 Å². The maximum absolute atomic E-state index is 13.7. The standard InChI is InChI=1S/C31H29N3O4/c1-36-28-17-26(27(18-29(28)37-2)38-21-24-11-7-4-8-12-24)30(34-25-15-13-22(19-32)14-16-25)31(35)33-20-23-9-5-3-6-10-23/h3-18,30,34H,20-21H2,1-2H3,(H,33,35)/t30-/m0/s1. The lowest BCUT2D eigenvalue weighted by atomic mass is 10.0. The zero-order valence-corrected chi connectivity index (χ0v) is 21.3. The van der Waals surface area contributed by atoms with Gasteiger partial charge in [0, 0.05) is 23.9 Å². The Kier molecular flexibility index (Phi) is 8.82. The quantitative estimate of drug-likeness (QED) is 0.274. The third-order valence-electron chi connectivity index (χ3n) is 5.96. The van der Waals surface area contributed by atoms with Gasteiger partial charge in [0.15, 0.2) is 11.5 Å².